The number of hydrogen-bond donors (Lipinski definition) is 1. The van der Waals surface area contributed by atoms with Gasteiger partial charge in [0, 0.05) is 17.4 Å². The molecule has 1 fully saturated rings. The normalized spacial score (nSPS) is 13.5. The van der Waals surface area contributed by atoms with Crippen molar-refractivity contribution in [3.05, 3.63) is 81.4 Å². The molecule has 0 unspecified atom stereocenters. The fourth-order valence-electron chi connectivity index (χ4n) is 4.00. The number of halogens is 2. The lowest BCUT2D eigenvalue weighted by molar-refractivity contribution is -0.117. The van der Waals surface area contributed by atoms with Crippen molar-refractivity contribution in [1.29, 1.82) is 0 Å². The number of fused-ring (bicyclic) bond motifs is 1. The van der Waals surface area contributed by atoms with Crippen molar-refractivity contribution in [2.75, 3.05) is 5.32 Å². The van der Waals surface area contributed by atoms with Gasteiger partial charge in [-0.2, -0.15) is 10.2 Å². The first-order chi connectivity index (χ1) is 15.8. The van der Waals surface area contributed by atoms with E-state index in [0.717, 1.165) is 52.2 Å². The van der Waals surface area contributed by atoms with Gasteiger partial charge in [-0.1, -0.05) is 17.7 Å². The Hall–Kier alpha value is -3.88. The van der Waals surface area contributed by atoms with Crippen LogP contribution in [0, 0.1) is 25.5 Å². The molecule has 0 spiro atoms. The molecule has 1 aliphatic rings. The molecule has 0 bridgehead atoms. The lowest BCUT2D eigenvalue weighted by atomic mass is 10.1. The minimum atomic E-state index is -0.897. The van der Waals surface area contributed by atoms with Crippen LogP contribution >= 0.6 is 0 Å². The Bertz CT molecular complexity index is 1470. The number of hydrogen-bond acceptors (Lipinski definition) is 4. The molecule has 5 rings (SSSR count). The van der Waals surface area contributed by atoms with Crippen molar-refractivity contribution in [3.8, 4) is 5.69 Å². The molecular formula is C24H21F2N5O2. The highest BCUT2D eigenvalue weighted by molar-refractivity contribution is 5.91. The van der Waals surface area contributed by atoms with Crippen molar-refractivity contribution < 1.29 is 13.6 Å². The Morgan fingerprint density at radius 3 is 2.64 bits per heavy atom. The highest BCUT2D eigenvalue weighted by Gasteiger charge is 2.30. The average Bonchev–Trinajstić information content (AvgIpc) is 3.51. The Morgan fingerprint density at radius 1 is 1.15 bits per heavy atom. The number of aryl methyl sites for hydroxylation is 2. The number of rotatable bonds is 5. The van der Waals surface area contributed by atoms with Crippen LogP contribution in [0.5, 0.6) is 0 Å². The molecule has 1 amide bonds. The maximum absolute atomic E-state index is 13.9. The van der Waals surface area contributed by atoms with Gasteiger partial charge in [-0.05, 0) is 50.5 Å². The van der Waals surface area contributed by atoms with Crippen LogP contribution < -0.4 is 10.9 Å². The molecule has 33 heavy (non-hydrogen) atoms. The van der Waals surface area contributed by atoms with E-state index in [-0.39, 0.29) is 11.6 Å². The third-order valence-corrected chi connectivity index (χ3v) is 5.75. The van der Waals surface area contributed by atoms with Crippen LogP contribution in [0.4, 0.5) is 14.5 Å². The third kappa shape index (κ3) is 3.90. The quantitative estimate of drug-likeness (QED) is 0.500. The first kappa shape index (κ1) is 21.0. The van der Waals surface area contributed by atoms with Crippen LogP contribution in [0.25, 0.3) is 16.6 Å². The first-order valence-electron chi connectivity index (χ1n) is 10.6. The molecule has 168 valence electrons. The van der Waals surface area contributed by atoms with Gasteiger partial charge < -0.3 is 5.32 Å². The SMILES string of the molecule is Cc1ccc(-n2ncc3c(C4CC4)nn(CC(=O)Nc4ccc(F)cc4F)c(=O)c32)c(C)c1. The van der Waals surface area contributed by atoms with Crippen LogP contribution in [-0.4, -0.2) is 25.5 Å². The third-order valence-electron chi connectivity index (χ3n) is 5.75. The summed E-state index contributed by atoms with van der Waals surface area (Å²) in [6, 6.07) is 8.72. The van der Waals surface area contributed by atoms with Gasteiger partial charge in [-0.15, -0.1) is 0 Å². The maximum atomic E-state index is 13.9. The second-order valence-corrected chi connectivity index (χ2v) is 8.40. The highest BCUT2D eigenvalue weighted by atomic mass is 19.1. The molecule has 2 heterocycles. The zero-order valence-corrected chi connectivity index (χ0v) is 18.1. The topological polar surface area (TPSA) is 81.8 Å². The van der Waals surface area contributed by atoms with Gasteiger partial charge >= 0.3 is 0 Å². The fraction of sp³-hybridized carbons (Fsp3) is 0.250. The predicted molar refractivity (Wildman–Crippen MR) is 120 cm³/mol. The molecule has 1 saturated carbocycles. The number of carbonyl (C=O) groups is 1. The highest BCUT2D eigenvalue weighted by Crippen LogP contribution is 2.41. The van der Waals surface area contributed by atoms with E-state index >= 15 is 0 Å². The van der Waals surface area contributed by atoms with Gasteiger partial charge in [0.05, 0.1) is 23.3 Å². The van der Waals surface area contributed by atoms with Gasteiger partial charge in [-0.25, -0.2) is 18.1 Å². The summed E-state index contributed by atoms with van der Waals surface area (Å²) in [6.45, 7) is 3.52. The summed E-state index contributed by atoms with van der Waals surface area (Å²) in [5.41, 5.74) is 3.25. The van der Waals surface area contributed by atoms with E-state index < -0.39 is 29.6 Å². The van der Waals surface area contributed by atoms with Gasteiger partial charge in [0.1, 0.15) is 23.7 Å². The van der Waals surface area contributed by atoms with E-state index in [1.807, 2.05) is 32.0 Å². The van der Waals surface area contributed by atoms with E-state index in [1.54, 1.807) is 10.9 Å². The van der Waals surface area contributed by atoms with Gasteiger partial charge in [0.15, 0.2) is 0 Å². The summed E-state index contributed by atoms with van der Waals surface area (Å²) in [7, 11) is 0. The molecule has 9 heteroatoms. The minimum Gasteiger partial charge on any atom is -0.322 e. The van der Waals surface area contributed by atoms with Crippen molar-refractivity contribution >= 4 is 22.5 Å². The fourth-order valence-corrected chi connectivity index (χ4v) is 4.00. The Labute approximate surface area is 187 Å². The number of anilines is 1. The first-order valence-corrected chi connectivity index (χ1v) is 10.6. The molecule has 7 nitrogen and oxygen atoms in total. The van der Waals surface area contributed by atoms with E-state index in [4.69, 9.17) is 0 Å². The van der Waals surface area contributed by atoms with Crippen molar-refractivity contribution in [2.24, 2.45) is 0 Å². The van der Waals surface area contributed by atoms with Gasteiger partial charge in [0.25, 0.3) is 5.56 Å². The molecule has 0 atom stereocenters. The number of nitrogens with one attached hydrogen (secondary N) is 1. The molecule has 4 aromatic rings. The lowest BCUT2D eigenvalue weighted by Crippen LogP contribution is -2.31. The molecule has 0 radical (unpaired) electrons. The average molecular weight is 449 g/mol. The standard InChI is InChI=1S/C24H21F2N5O2/c1-13-3-8-20(14(2)9-13)31-23-17(11-27-31)22(15-4-5-15)29-30(24(23)33)12-21(32)28-19-7-6-16(25)10-18(19)26/h3,6-11,15H,4-5,12H2,1-2H3,(H,28,32). The largest absolute Gasteiger partial charge is 0.322 e. The van der Waals surface area contributed by atoms with Crippen LogP contribution in [0.3, 0.4) is 0 Å². The molecule has 0 aliphatic heterocycles. The minimum absolute atomic E-state index is 0.168. The molecule has 1 N–H and O–H groups in total. The summed E-state index contributed by atoms with van der Waals surface area (Å²) in [5.74, 6) is -2.09. The molecular weight excluding hydrogens is 428 g/mol. The number of amides is 1. The number of nitrogens with zero attached hydrogens (tertiary/aromatic N) is 4. The molecule has 2 aromatic carbocycles. The van der Waals surface area contributed by atoms with Crippen LogP contribution in [0.1, 0.15) is 35.6 Å². The van der Waals surface area contributed by atoms with Crippen LogP contribution in [0.2, 0.25) is 0 Å². The molecule has 0 saturated heterocycles. The second kappa shape index (κ2) is 7.91. The second-order valence-electron chi connectivity index (χ2n) is 8.40. The summed E-state index contributed by atoms with van der Waals surface area (Å²) in [5, 5.41) is 12.0. The van der Waals surface area contributed by atoms with E-state index in [1.165, 1.54) is 0 Å². The number of benzene rings is 2. The van der Waals surface area contributed by atoms with Crippen LogP contribution in [-0.2, 0) is 11.3 Å². The van der Waals surface area contributed by atoms with Crippen molar-refractivity contribution in [2.45, 2.75) is 39.2 Å². The van der Waals surface area contributed by atoms with E-state index in [9.17, 15) is 18.4 Å². The summed E-state index contributed by atoms with van der Waals surface area (Å²) < 4.78 is 29.8. The predicted octanol–water partition coefficient (Wildman–Crippen LogP) is 3.99. The van der Waals surface area contributed by atoms with Gasteiger partial charge in [-0.3, -0.25) is 9.59 Å². The zero-order chi connectivity index (χ0) is 23.3. The van der Waals surface area contributed by atoms with Gasteiger partial charge in [0.2, 0.25) is 5.91 Å². The summed E-state index contributed by atoms with van der Waals surface area (Å²) >= 11 is 0. The zero-order valence-electron chi connectivity index (χ0n) is 18.1. The summed E-state index contributed by atoms with van der Waals surface area (Å²) in [6.07, 6.45) is 3.54. The Balaban J connectivity index is 1.57. The lowest BCUT2D eigenvalue weighted by Gasteiger charge is -2.12. The smallest absolute Gasteiger partial charge is 0.293 e. The van der Waals surface area contributed by atoms with E-state index in [2.05, 4.69) is 15.5 Å². The molecule has 1 aliphatic carbocycles. The van der Waals surface area contributed by atoms with Crippen molar-refractivity contribution in [1.82, 2.24) is 19.6 Å². The molecule has 2 aromatic heterocycles. The monoisotopic (exact) mass is 449 g/mol. The Morgan fingerprint density at radius 2 is 1.94 bits per heavy atom. The van der Waals surface area contributed by atoms with Crippen LogP contribution in [0.15, 0.2) is 47.4 Å². The number of aromatic nitrogens is 4. The summed E-state index contributed by atoms with van der Waals surface area (Å²) in [4.78, 5) is 26.0. The van der Waals surface area contributed by atoms with E-state index in [0.29, 0.717) is 17.0 Å². The number of carbonyl (C=O) groups excluding carboxylic acids is 1. The van der Waals surface area contributed by atoms with Crippen molar-refractivity contribution in [3.63, 3.8) is 0 Å². The maximum Gasteiger partial charge on any atom is 0.293 e. The Kier molecular flexibility index (Phi) is 5.03.